The van der Waals surface area contributed by atoms with E-state index in [9.17, 15) is 9.59 Å². The Hall–Kier alpha value is -0.240. The van der Waals surface area contributed by atoms with Crippen molar-refractivity contribution in [1.82, 2.24) is 4.90 Å². The number of fused-ring (bicyclic) bond motifs is 1. The van der Waals surface area contributed by atoms with Crippen molar-refractivity contribution in [2.45, 2.75) is 17.8 Å². The number of halogens is 1. The highest BCUT2D eigenvalue weighted by Crippen LogP contribution is 2.39. The van der Waals surface area contributed by atoms with Gasteiger partial charge in [0.1, 0.15) is 0 Å². The minimum Gasteiger partial charge on any atom is -0.479 e. The second kappa shape index (κ2) is 3.73. The number of carboxylic acids is 1. The molecule has 0 aromatic rings. The first-order valence-electron chi connectivity index (χ1n) is 4.09. The summed E-state index contributed by atoms with van der Waals surface area (Å²) in [4.78, 5) is 23.7. The smallest absolute Gasteiger partial charge is 0.330 e. The summed E-state index contributed by atoms with van der Waals surface area (Å²) >= 11 is 3.67. The number of carbonyl (C=O) groups is 2. The molecule has 1 N–H and O–H groups in total. The van der Waals surface area contributed by atoms with Crippen LogP contribution in [0.5, 0.6) is 0 Å². The fourth-order valence-corrected chi connectivity index (χ4v) is 3.71. The third-order valence-corrected chi connectivity index (χ3v) is 4.37. The molecule has 1 saturated heterocycles. The maximum absolute atomic E-state index is 11.3. The first-order valence-corrected chi connectivity index (χ1v) is 6.56. The molecule has 4 nitrogen and oxygen atoms in total. The Balaban J connectivity index is 2.29. The van der Waals surface area contributed by atoms with Gasteiger partial charge in [-0.05, 0) is 11.0 Å². The summed E-state index contributed by atoms with van der Waals surface area (Å²) in [5, 5.41) is 11.0. The van der Waals surface area contributed by atoms with Crippen LogP contribution in [-0.4, -0.2) is 37.7 Å². The molecule has 2 heterocycles. The van der Waals surface area contributed by atoms with Gasteiger partial charge < -0.3 is 10.0 Å². The lowest BCUT2D eigenvalue weighted by Crippen LogP contribution is -2.60. The summed E-state index contributed by atoms with van der Waals surface area (Å²) in [5.74, 6) is -0.975. The number of alkyl halides is 1. The quantitative estimate of drug-likeness (QED) is 0.469. The van der Waals surface area contributed by atoms with E-state index >= 15 is 0 Å². The molecule has 0 spiro atoms. The monoisotopic (exact) mass is 325 g/mol. The molecule has 2 atom stereocenters. The summed E-state index contributed by atoms with van der Waals surface area (Å²) in [6, 6.07) is -0.723. The number of hydrogen-bond donors (Lipinski definition) is 1. The van der Waals surface area contributed by atoms with E-state index in [0.717, 1.165) is 5.57 Å². The standard InChI is InChI=1S/C8H8INO3S/c9-2-4-3-14-6-1-5(11)10(6)7(4)8(12)13/h3,6-7H,1-2H2,(H,12,13)/t6-,7?/m1/s1. The number of rotatable bonds is 2. The summed E-state index contributed by atoms with van der Waals surface area (Å²) in [6.07, 6.45) is 0.472. The van der Waals surface area contributed by atoms with Crippen LogP contribution in [0.1, 0.15) is 6.42 Å². The van der Waals surface area contributed by atoms with Crippen molar-refractivity contribution in [2.24, 2.45) is 0 Å². The second-order valence-corrected chi connectivity index (χ2v) is 4.98. The highest BCUT2D eigenvalue weighted by atomic mass is 127. The fourth-order valence-electron chi connectivity index (χ4n) is 1.62. The molecule has 0 saturated carbocycles. The van der Waals surface area contributed by atoms with Gasteiger partial charge in [-0.1, -0.05) is 22.6 Å². The van der Waals surface area contributed by atoms with Crippen LogP contribution in [0, 0.1) is 0 Å². The molecule has 14 heavy (non-hydrogen) atoms. The van der Waals surface area contributed by atoms with Crippen molar-refractivity contribution < 1.29 is 14.7 Å². The van der Waals surface area contributed by atoms with Crippen molar-refractivity contribution in [3.63, 3.8) is 0 Å². The van der Waals surface area contributed by atoms with Crippen LogP contribution >= 0.6 is 34.4 Å². The number of β-lactam (4-membered cyclic amide) rings is 1. The minimum absolute atomic E-state index is 0.0506. The Morgan fingerprint density at radius 1 is 1.79 bits per heavy atom. The topological polar surface area (TPSA) is 57.6 Å². The molecular weight excluding hydrogens is 317 g/mol. The normalized spacial score (nSPS) is 30.5. The zero-order valence-electron chi connectivity index (χ0n) is 7.14. The molecule has 6 heteroatoms. The van der Waals surface area contributed by atoms with Crippen LogP contribution in [0.4, 0.5) is 0 Å². The van der Waals surface area contributed by atoms with Crippen LogP contribution in [-0.2, 0) is 9.59 Å². The van der Waals surface area contributed by atoms with Crippen molar-refractivity contribution in [3.05, 3.63) is 11.0 Å². The summed E-state index contributed by atoms with van der Waals surface area (Å²) < 4.78 is 0.651. The molecule has 0 aromatic heterocycles. The van der Waals surface area contributed by atoms with E-state index < -0.39 is 12.0 Å². The van der Waals surface area contributed by atoms with Gasteiger partial charge in [-0.2, -0.15) is 0 Å². The van der Waals surface area contributed by atoms with Crippen LogP contribution in [0.15, 0.2) is 11.0 Å². The molecule has 1 fully saturated rings. The zero-order chi connectivity index (χ0) is 10.3. The van der Waals surface area contributed by atoms with Gasteiger partial charge in [-0.15, -0.1) is 11.8 Å². The number of amides is 1. The predicted octanol–water partition coefficient (Wildman–Crippen LogP) is 1.06. The predicted molar refractivity (Wildman–Crippen MR) is 61.2 cm³/mol. The van der Waals surface area contributed by atoms with Crippen molar-refractivity contribution in [1.29, 1.82) is 0 Å². The van der Waals surface area contributed by atoms with E-state index in [2.05, 4.69) is 22.6 Å². The summed E-state index contributed by atoms with van der Waals surface area (Å²) in [7, 11) is 0. The third kappa shape index (κ3) is 1.44. The number of nitrogens with zero attached hydrogens (tertiary/aromatic N) is 1. The lowest BCUT2D eigenvalue weighted by Gasteiger charge is -2.46. The number of carboxylic acid groups (broad SMARTS) is 1. The van der Waals surface area contributed by atoms with Crippen molar-refractivity contribution >= 4 is 46.2 Å². The molecule has 0 aromatic carbocycles. The van der Waals surface area contributed by atoms with Gasteiger partial charge in [-0.3, -0.25) is 4.79 Å². The Morgan fingerprint density at radius 3 is 3.00 bits per heavy atom. The van der Waals surface area contributed by atoms with Gasteiger partial charge in [0.05, 0.1) is 11.8 Å². The molecule has 2 rings (SSSR count). The minimum atomic E-state index is -0.925. The van der Waals surface area contributed by atoms with Gasteiger partial charge in [0, 0.05) is 4.43 Å². The van der Waals surface area contributed by atoms with Crippen LogP contribution < -0.4 is 0 Å². The van der Waals surface area contributed by atoms with Gasteiger partial charge in [0.15, 0.2) is 6.04 Å². The first-order chi connectivity index (χ1) is 6.65. The fraction of sp³-hybridized carbons (Fsp3) is 0.500. The maximum Gasteiger partial charge on any atom is 0.330 e. The second-order valence-electron chi connectivity index (χ2n) is 3.16. The van der Waals surface area contributed by atoms with E-state index in [0.29, 0.717) is 10.8 Å². The molecule has 2 aliphatic rings. The lowest BCUT2D eigenvalue weighted by molar-refractivity contribution is -0.155. The van der Waals surface area contributed by atoms with Gasteiger partial charge in [0.2, 0.25) is 5.91 Å². The lowest BCUT2D eigenvalue weighted by atomic mass is 10.0. The molecule has 0 aliphatic carbocycles. The molecule has 76 valence electrons. The van der Waals surface area contributed by atoms with Crippen molar-refractivity contribution in [3.8, 4) is 0 Å². The molecule has 0 radical (unpaired) electrons. The molecular formula is C8H8INO3S. The Kier molecular flexibility index (Phi) is 2.74. The average molecular weight is 325 g/mol. The Labute approximate surface area is 98.9 Å². The maximum atomic E-state index is 11.3. The highest BCUT2D eigenvalue weighted by molar-refractivity contribution is 14.1. The van der Waals surface area contributed by atoms with E-state index in [1.54, 1.807) is 11.8 Å². The number of aliphatic carboxylic acids is 1. The molecule has 1 unspecified atom stereocenters. The van der Waals surface area contributed by atoms with Gasteiger partial charge >= 0.3 is 5.97 Å². The number of carbonyl (C=O) groups excluding carboxylic acids is 1. The SMILES string of the molecule is O=C(O)C1C(CI)=CS[C@@H]2CC(=O)N12. The van der Waals surface area contributed by atoms with E-state index in [1.807, 2.05) is 5.41 Å². The third-order valence-electron chi connectivity index (χ3n) is 2.34. The Bertz CT molecular complexity index is 331. The Morgan fingerprint density at radius 2 is 2.50 bits per heavy atom. The van der Waals surface area contributed by atoms with E-state index in [4.69, 9.17) is 5.11 Å². The summed E-state index contributed by atoms with van der Waals surface area (Å²) in [5.41, 5.74) is 0.812. The van der Waals surface area contributed by atoms with E-state index in [-0.39, 0.29) is 11.3 Å². The summed E-state index contributed by atoms with van der Waals surface area (Å²) in [6.45, 7) is 0. The largest absolute Gasteiger partial charge is 0.479 e. The first kappa shape index (κ1) is 10.3. The van der Waals surface area contributed by atoms with Crippen LogP contribution in [0.3, 0.4) is 0 Å². The number of thioether (sulfide) groups is 1. The van der Waals surface area contributed by atoms with Crippen LogP contribution in [0.25, 0.3) is 0 Å². The zero-order valence-corrected chi connectivity index (χ0v) is 10.1. The number of hydrogen-bond acceptors (Lipinski definition) is 3. The highest BCUT2D eigenvalue weighted by Gasteiger charge is 2.47. The average Bonchev–Trinajstić information content (AvgIpc) is 2.15. The van der Waals surface area contributed by atoms with Gasteiger partial charge in [-0.25, -0.2) is 4.79 Å². The van der Waals surface area contributed by atoms with Crippen molar-refractivity contribution in [2.75, 3.05) is 4.43 Å². The van der Waals surface area contributed by atoms with Gasteiger partial charge in [0.25, 0.3) is 0 Å². The van der Waals surface area contributed by atoms with E-state index in [1.165, 1.54) is 4.90 Å². The molecule has 0 bridgehead atoms. The molecule has 2 aliphatic heterocycles. The molecule has 1 amide bonds. The van der Waals surface area contributed by atoms with Crippen LogP contribution in [0.2, 0.25) is 0 Å².